The van der Waals surface area contributed by atoms with Crippen LogP contribution in [0.4, 0.5) is 0 Å². The Morgan fingerprint density at radius 1 is 0.250 bits per heavy atom. The standard InChI is InChI=1S/C57H101NO10/c1-59-48-13-5-40(6-14-48)34-63-52-25-44(26-53(31-52)64-35-41-7-15-49(60-2)16-8-41)38-67-56-29-47(46-21-23-58-24-22-46)30-57(33-56)68-39-45-27-54(65-36-42-9-17-50(61-3)18-10-42)32-55(28-45)66-37-43-11-19-51(62-4)20-12-43/h40-58H,5-39H2,1-4H3. The Bertz CT molecular complexity index is 1180. The van der Waals surface area contributed by atoms with Crippen molar-refractivity contribution in [2.24, 2.45) is 47.3 Å². The Kier molecular flexibility index (Phi) is 22.9. The fourth-order valence-electron chi connectivity index (χ4n) is 14.5. The van der Waals surface area contributed by atoms with Gasteiger partial charge in [-0.15, -0.1) is 0 Å². The summed E-state index contributed by atoms with van der Waals surface area (Å²) in [6.07, 6.45) is 34.3. The van der Waals surface area contributed by atoms with Crippen LogP contribution in [0.25, 0.3) is 0 Å². The van der Waals surface area contributed by atoms with Gasteiger partial charge in [0.05, 0.1) is 61.0 Å². The lowest BCUT2D eigenvalue weighted by Crippen LogP contribution is -2.42. The average Bonchev–Trinajstić information content (AvgIpc) is 3.40. The predicted octanol–water partition coefficient (Wildman–Crippen LogP) is 10.5. The van der Waals surface area contributed by atoms with Gasteiger partial charge in [0.1, 0.15) is 0 Å². The number of rotatable bonds is 23. The van der Waals surface area contributed by atoms with E-state index in [-0.39, 0.29) is 36.6 Å². The van der Waals surface area contributed by atoms with Gasteiger partial charge in [-0.05, 0) is 234 Å². The van der Waals surface area contributed by atoms with Crippen LogP contribution in [0, 0.1) is 47.3 Å². The summed E-state index contributed by atoms with van der Waals surface area (Å²) in [6.45, 7) is 7.35. The topological polar surface area (TPSA) is 104 Å². The van der Waals surface area contributed by atoms with Crippen LogP contribution in [0.1, 0.15) is 173 Å². The van der Waals surface area contributed by atoms with E-state index in [9.17, 15) is 0 Å². The second-order valence-electron chi connectivity index (χ2n) is 23.9. The first kappa shape index (κ1) is 53.8. The maximum atomic E-state index is 7.15. The van der Waals surface area contributed by atoms with Gasteiger partial charge in [0, 0.05) is 68.1 Å². The van der Waals surface area contributed by atoms with Gasteiger partial charge in [0.15, 0.2) is 0 Å². The van der Waals surface area contributed by atoms with Crippen LogP contribution >= 0.6 is 0 Å². The summed E-state index contributed by atoms with van der Waals surface area (Å²) in [7, 11) is 7.46. The van der Waals surface area contributed by atoms with Gasteiger partial charge in [0.25, 0.3) is 0 Å². The van der Waals surface area contributed by atoms with Crippen molar-refractivity contribution in [3.8, 4) is 0 Å². The number of piperidine rings is 1. The molecule has 11 nitrogen and oxygen atoms in total. The molecule has 0 aromatic heterocycles. The molecule has 1 aliphatic heterocycles. The van der Waals surface area contributed by atoms with Crippen molar-refractivity contribution in [2.75, 3.05) is 81.2 Å². The molecule has 1 saturated heterocycles. The Morgan fingerprint density at radius 3 is 0.765 bits per heavy atom. The molecule has 8 fully saturated rings. The molecule has 0 radical (unpaired) electrons. The second kappa shape index (κ2) is 28.9. The minimum absolute atomic E-state index is 0.237. The largest absolute Gasteiger partial charge is 0.381 e. The molecule has 1 heterocycles. The van der Waals surface area contributed by atoms with Crippen LogP contribution in [0.15, 0.2) is 0 Å². The Hall–Kier alpha value is -0.440. The summed E-state index contributed by atoms with van der Waals surface area (Å²) in [6, 6.07) is 0. The van der Waals surface area contributed by atoms with Crippen molar-refractivity contribution in [2.45, 2.75) is 234 Å². The molecule has 6 atom stereocenters. The van der Waals surface area contributed by atoms with Crippen molar-refractivity contribution < 1.29 is 47.4 Å². The van der Waals surface area contributed by atoms with Crippen molar-refractivity contribution in [1.29, 1.82) is 0 Å². The summed E-state index contributed by atoms with van der Waals surface area (Å²) in [5.41, 5.74) is 0. The van der Waals surface area contributed by atoms with Crippen LogP contribution < -0.4 is 5.32 Å². The lowest BCUT2D eigenvalue weighted by molar-refractivity contribution is -0.120. The summed E-state index contributed by atoms with van der Waals surface area (Å²) in [4.78, 5) is 0. The molecule has 0 amide bonds. The van der Waals surface area contributed by atoms with E-state index in [1.165, 1.54) is 77.0 Å². The summed E-state index contributed by atoms with van der Waals surface area (Å²) < 4.78 is 64.4. The van der Waals surface area contributed by atoms with E-state index < -0.39 is 0 Å². The van der Waals surface area contributed by atoms with Gasteiger partial charge >= 0.3 is 0 Å². The average molecular weight is 960 g/mol. The van der Waals surface area contributed by atoms with E-state index in [0.717, 1.165) is 155 Å². The smallest absolute Gasteiger partial charge is 0.0603 e. The second-order valence-corrected chi connectivity index (χ2v) is 23.9. The molecule has 1 N–H and O–H groups in total. The SMILES string of the molecule is COC1CCC(COC2CC(COC3CC(OCC4CC(OCC5CCC(OC)CC5)CC(OCC5CCC(OC)CC5)C4)CC(C4CCNCC4)C3)CC(OCC3CCC(OC)CC3)C2)CC1. The Balaban J connectivity index is 0.859. The van der Waals surface area contributed by atoms with Crippen LogP contribution in [0.5, 0.6) is 0 Å². The fraction of sp³-hybridized carbons (Fsp3) is 1.00. The van der Waals surface area contributed by atoms with E-state index in [1.807, 2.05) is 28.4 Å². The van der Waals surface area contributed by atoms with Gasteiger partial charge in [-0.1, -0.05) is 0 Å². The van der Waals surface area contributed by atoms with Crippen molar-refractivity contribution in [3.63, 3.8) is 0 Å². The quantitative estimate of drug-likeness (QED) is 0.106. The Morgan fingerprint density at radius 2 is 0.500 bits per heavy atom. The van der Waals surface area contributed by atoms with Gasteiger partial charge in [0.2, 0.25) is 0 Å². The predicted molar refractivity (Wildman–Crippen MR) is 267 cm³/mol. The monoisotopic (exact) mass is 960 g/mol. The van der Waals surface area contributed by atoms with Gasteiger partial charge < -0.3 is 52.7 Å². The minimum Gasteiger partial charge on any atom is -0.381 e. The molecule has 7 aliphatic carbocycles. The molecule has 8 aliphatic rings. The minimum atomic E-state index is 0.237. The molecule has 0 spiro atoms. The molecule has 7 saturated carbocycles. The first-order chi connectivity index (χ1) is 33.4. The van der Waals surface area contributed by atoms with E-state index in [4.69, 9.17) is 47.4 Å². The molecular weight excluding hydrogens is 859 g/mol. The number of methoxy groups -OCH3 is 4. The maximum absolute atomic E-state index is 7.15. The molecule has 0 bridgehead atoms. The van der Waals surface area contributed by atoms with Gasteiger partial charge in [-0.25, -0.2) is 0 Å². The van der Waals surface area contributed by atoms with Crippen molar-refractivity contribution >= 4 is 0 Å². The molecule has 8 rings (SSSR count). The van der Waals surface area contributed by atoms with Crippen molar-refractivity contribution in [1.82, 2.24) is 5.32 Å². The maximum Gasteiger partial charge on any atom is 0.0603 e. The number of hydrogen-bond acceptors (Lipinski definition) is 11. The van der Waals surface area contributed by atoms with Crippen LogP contribution in [0.2, 0.25) is 0 Å². The summed E-state index contributed by atoms with van der Waals surface area (Å²) >= 11 is 0. The van der Waals surface area contributed by atoms with E-state index >= 15 is 0 Å². The van der Waals surface area contributed by atoms with Crippen LogP contribution in [-0.4, -0.2) is 142 Å². The van der Waals surface area contributed by atoms with Gasteiger partial charge in [-0.2, -0.15) is 0 Å². The van der Waals surface area contributed by atoms with Crippen LogP contribution in [0.3, 0.4) is 0 Å². The molecule has 11 heteroatoms. The third-order valence-electron chi connectivity index (χ3n) is 19.1. The molecule has 394 valence electrons. The number of nitrogens with one attached hydrogen (secondary N) is 1. The first-order valence-corrected chi connectivity index (χ1v) is 28.9. The van der Waals surface area contributed by atoms with Crippen molar-refractivity contribution in [3.05, 3.63) is 0 Å². The van der Waals surface area contributed by atoms with E-state index in [2.05, 4.69) is 5.32 Å². The number of ether oxygens (including phenoxy) is 10. The van der Waals surface area contributed by atoms with E-state index in [1.54, 1.807) is 0 Å². The lowest BCUT2D eigenvalue weighted by atomic mass is 9.74. The highest BCUT2D eigenvalue weighted by atomic mass is 16.5. The lowest BCUT2D eigenvalue weighted by Gasteiger charge is -2.42. The third kappa shape index (κ3) is 17.3. The number of hydrogen-bond donors (Lipinski definition) is 1. The zero-order valence-corrected chi connectivity index (χ0v) is 43.7. The van der Waals surface area contributed by atoms with Gasteiger partial charge in [-0.3, -0.25) is 0 Å². The highest BCUT2D eigenvalue weighted by Crippen LogP contribution is 2.40. The fourth-order valence-corrected chi connectivity index (χ4v) is 14.5. The molecule has 68 heavy (non-hydrogen) atoms. The third-order valence-corrected chi connectivity index (χ3v) is 19.1. The zero-order chi connectivity index (χ0) is 46.9. The van der Waals surface area contributed by atoms with E-state index in [0.29, 0.717) is 65.8 Å². The highest BCUT2D eigenvalue weighted by molar-refractivity contribution is 4.89. The molecule has 0 aromatic carbocycles. The Labute approximate surface area is 414 Å². The highest BCUT2D eigenvalue weighted by Gasteiger charge is 2.39. The molecule has 6 unspecified atom stereocenters. The summed E-state index contributed by atoms with van der Waals surface area (Å²) in [5.74, 6) is 4.87. The van der Waals surface area contributed by atoms with Crippen LogP contribution in [-0.2, 0) is 47.4 Å². The first-order valence-electron chi connectivity index (χ1n) is 28.9. The zero-order valence-electron chi connectivity index (χ0n) is 43.7. The molecule has 0 aromatic rings. The molecular formula is C57H101NO10. The normalized spacial score (nSPS) is 41.4. The summed E-state index contributed by atoms with van der Waals surface area (Å²) in [5, 5.41) is 3.64.